The predicted molar refractivity (Wildman–Crippen MR) is 128 cm³/mol. The Hall–Kier alpha value is -2.19. The maximum atomic E-state index is 6.42. The number of rotatable bonds is 3. The molecule has 0 bridgehead atoms. The number of nitrogens with one attached hydrogen (secondary N) is 1. The molecule has 2 aromatic rings. The Morgan fingerprint density at radius 2 is 1.97 bits per heavy atom. The fourth-order valence-corrected chi connectivity index (χ4v) is 5.86. The fourth-order valence-electron chi connectivity index (χ4n) is 5.67. The highest BCUT2D eigenvalue weighted by Gasteiger charge is 2.33. The van der Waals surface area contributed by atoms with Gasteiger partial charge >= 0.3 is 0 Å². The van der Waals surface area contributed by atoms with Crippen molar-refractivity contribution < 1.29 is 4.74 Å². The Bertz CT molecular complexity index is 1080. The third kappa shape index (κ3) is 4.12. The summed E-state index contributed by atoms with van der Waals surface area (Å²) in [5.41, 5.74) is 3.64. The Morgan fingerprint density at radius 3 is 2.76 bits per heavy atom. The SMILES string of the molecule is CC1=CC=CC(N2CCC(c3nnc4n3-c3ccc(Cl)cc3CN([C@H]3CCOC3)C4)CC2)N1. The molecule has 2 atom stereocenters. The van der Waals surface area contributed by atoms with Crippen LogP contribution < -0.4 is 5.32 Å². The number of aromatic nitrogens is 3. The van der Waals surface area contributed by atoms with E-state index in [4.69, 9.17) is 26.5 Å². The van der Waals surface area contributed by atoms with Gasteiger partial charge in [-0.1, -0.05) is 17.7 Å². The van der Waals surface area contributed by atoms with E-state index in [1.54, 1.807) is 0 Å². The Kier molecular flexibility index (Phi) is 5.74. The summed E-state index contributed by atoms with van der Waals surface area (Å²) in [6, 6.07) is 6.66. The zero-order chi connectivity index (χ0) is 22.4. The number of nitrogens with zero attached hydrogens (tertiary/aromatic N) is 5. The first-order chi connectivity index (χ1) is 16.2. The van der Waals surface area contributed by atoms with Crippen molar-refractivity contribution in [2.45, 2.75) is 57.4 Å². The molecule has 1 unspecified atom stereocenters. The standard InChI is InChI=1S/C25H31ClN6O/c1-17-3-2-4-23(27-17)30-10-7-18(8-11-30)25-29-28-24-15-31(21-9-12-33-16-21)14-19-13-20(26)5-6-22(19)32(24)25/h2-6,13,18,21,23,27H,7-12,14-16H2,1H3/t21-,23?/m0/s1. The minimum absolute atomic E-state index is 0.288. The van der Waals surface area contributed by atoms with E-state index in [1.165, 1.54) is 16.9 Å². The van der Waals surface area contributed by atoms with Gasteiger partial charge in [0.15, 0.2) is 5.82 Å². The van der Waals surface area contributed by atoms with Gasteiger partial charge < -0.3 is 10.1 Å². The van der Waals surface area contributed by atoms with Crippen molar-refractivity contribution in [2.24, 2.45) is 0 Å². The molecule has 8 heteroatoms. The molecule has 5 heterocycles. The lowest BCUT2D eigenvalue weighted by Crippen LogP contribution is -2.48. The minimum atomic E-state index is 0.288. The Morgan fingerprint density at radius 1 is 1.09 bits per heavy atom. The van der Waals surface area contributed by atoms with Crippen LogP contribution in [0.5, 0.6) is 0 Å². The molecule has 1 N–H and O–H groups in total. The molecule has 2 saturated heterocycles. The van der Waals surface area contributed by atoms with Crippen LogP contribution in [0.4, 0.5) is 0 Å². The average Bonchev–Trinajstić information content (AvgIpc) is 3.47. The Labute approximate surface area is 200 Å². The van der Waals surface area contributed by atoms with E-state index in [0.717, 1.165) is 75.3 Å². The van der Waals surface area contributed by atoms with Gasteiger partial charge in [-0.3, -0.25) is 14.4 Å². The summed E-state index contributed by atoms with van der Waals surface area (Å²) in [6.07, 6.45) is 10.0. The molecule has 7 nitrogen and oxygen atoms in total. The van der Waals surface area contributed by atoms with Crippen molar-refractivity contribution in [3.63, 3.8) is 0 Å². The summed E-state index contributed by atoms with van der Waals surface area (Å²) in [5, 5.41) is 13.8. The second-order valence-corrected chi connectivity index (χ2v) is 10.1. The third-order valence-corrected chi connectivity index (χ3v) is 7.72. The quantitative estimate of drug-likeness (QED) is 0.746. The molecule has 6 rings (SSSR count). The Balaban J connectivity index is 1.27. The first-order valence-corrected chi connectivity index (χ1v) is 12.4. The first kappa shape index (κ1) is 21.4. The minimum Gasteiger partial charge on any atom is -0.380 e. The van der Waals surface area contributed by atoms with Gasteiger partial charge in [0.05, 0.1) is 25.0 Å². The number of likely N-dealkylation sites (tertiary alicyclic amines) is 1. The van der Waals surface area contributed by atoms with Crippen molar-refractivity contribution in [3.8, 4) is 5.69 Å². The van der Waals surface area contributed by atoms with Crippen LogP contribution in [-0.2, 0) is 17.8 Å². The normalized spacial score (nSPS) is 26.4. The number of benzene rings is 1. The second-order valence-electron chi connectivity index (χ2n) is 9.64. The van der Waals surface area contributed by atoms with Gasteiger partial charge in [-0.25, -0.2) is 0 Å². The average molecular weight is 467 g/mol. The summed E-state index contributed by atoms with van der Waals surface area (Å²) in [6.45, 7) is 7.47. The highest BCUT2D eigenvalue weighted by atomic mass is 35.5. The molecular formula is C25H31ClN6O. The summed E-state index contributed by atoms with van der Waals surface area (Å²) in [5.74, 6) is 2.52. The number of hydrogen-bond donors (Lipinski definition) is 1. The molecule has 0 spiro atoms. The van der Waals surface area contributed by atoms with E-state index in [0.29, 0.717) is 12.0 Å². The van der Waals surface area contributed by atoms with Crippen LogP contribution in [0.3, 0.4) is 0 Å². The van der Waals surface area contributed by atoms with Gasteiger partial charge in [-0.15, -0.1) is 10.2 Å². The van der Waals surface area contributed by atoms with Gasteiger partial charge in [0.1, 0.15) is 5.82 Å². The molecule has 1 aromatic heterocycles. The molecule has 2 fully saturated rings. The summed E-state index contributed by atoms with van der Waals surface area (Å²) in [7, 11) is 0. The third-order valence-electron chi connectivity index (χ3n) is 7.48. The zero-order valence-corrected chi connectivity index (χ0v) is 19.8. The lowest BCUT2D eigenvalue weighted by Gasteiger charge is -2.37. The summed E-state index contributed by atoms with van der Waals surface area (Å²) >= 11 is 6.42. The van der Waals surface area contributed by atoms with Crippen LogP contribution in [0.15, 0.2) is 42.1 Å². The zero-order valence-electron chi connectivity index (χ0n) is 19.1. The molecule has 0 amide bonds. The number of piperidine rings is 1. The van der Waals surface area contributed by atoms with Crippen LogP contribution >= 0.6 is 11.6 Å². The highest BCUT2D eigenvalue weighted by molar-refractivity contribution is 6.30. The van der Waals surface area contributed by atoms with E-state index < -0.39 is 0 Å². The van der Waals surface area contributed by atoms with Crippen molar-refractivity contribution in [3.05, 3.63) is 64.4 Å². The van der Waals surface area contributed by atoms with E-state index in [9.17, 15) is 0 Å². The fraction of sp³-hybridized carbons (Fsp3) is 0.520. The van der Waals surface area contributed by atoms with Gasteiger partial charge in [0.25, 0.3) is 0 Å². The van der Waals surface area contributed by atoms with Crippen LogP contribution in [0, 0.1) is 0 Å². The smallest absolute Gasteiger partial charge is 0.151 e. The number of ether oxygens (including phenoxy) is 1. The maximum Gasteiger partial charge on any atom is 0.151 e. The van der Waals surface area contributed by atoms with E-state index in [-0.39, 0.29) is 6.17 Å². The van der Waals surface area contributed by atoms with Gasteiger partial charge in [-0.2, -0.15) is 0 Å². The number of hydrogen-bond acceptors (Lipinski definition) is 6. The molecule has 1 aromatic carbocycles. The van der Waals surface area contributed by atoms with Gasteiger partial charge in [-0.05, 0) is 62.1 Å². The lowest BCUT2D eigenvalue weighted by molar-refractivity contribution is 0.133. The monoisotopic (exact) mass is 466 g/mol. The number of fused-ring (bicyclic) bond motifs is 3. The van der Waals surface area contributed by atoms with Gasteiger partial charge in [0.2, 0.25) is 0 Å². The summed E-state index contributed by atoms with van der Waals surface area (Å²) in [4.78, 5) is 5.01. The number of halogens is 1. The maximum absolute atomic E-state index is 6.42. The number of allylic oxidation sites excluding steroid dienone is 3. The molecule has 0 saturated carbocycles. The van der Waals surface area contributed by atoms with E-state index >= 15 is 0 Å². The predicted octanol–water partition coefficient (Wildman–Crippen LogP) is 3.59. The van der Waals surface area contributed by atoms with Crippen molar-refractivity contribution in [1.29, 1.82) is 0 Å². The molecule has 0 aliphatic carbocycles. The molecule has 174 valence electrons. The summed E-state index contributed by atoms with van der Waals surface area (Å²) < 4.78 is 8.02. The van der Waals surface area contributed by atoms with E-state index in [1.807, 2.05) is 6.07 Å². The molecule has 0 radical (unpaired) electrons. The highest BCUT2D eigenvalue weighted by Crippen LogP contribution is 2.35. The molecule has 4 aliphatic rings. The molecule has 4 aliphatic heterocycles. The molecular weight excluding hydrogens is 436 g/mol. The van der Waals surface area contributed by atoms with Crippen LogP contribution in [0.2, 0.25) is 5.02 Å². The topological polar surface area (TPSA) is 58.5 Å². The van der Waals surface area contributed by atoms with E-state index in [2.05, 4.69) is 57.0 Å². The van der Waals surface area contributed by atoms with Crippen molar-refractivity contribution in [1.82, 2.24) is 29.9 Å². The van der Waals surface area contributed by atoms with Gasteiger partial charge in [0, 0.05) is 48.9 Å². The lowest BCUT2D eigenvalue weighted by atomic mass is 9.95. The van der Waals surface area contributed by atoms with Crippen molar-refractivity contribution in [2.75, 3.05) is 26.3 Å². The van der Waals surface area contributed by atoms with Crippen molar-refractivity contribution >= 4 is 11.6 Å². The second kappa shape index (κ2) is 8.87. The van der Waals surface area contributed by atoms with Crippen LogP contribution in [0.1, 0.15) is 49.3 Å². The van der Waals surface area contributed by atoms with Crippen LogP contribution in [0.25, 0.3) is 5.69 Å². The largest absolute Gasteiger partial charge is 0.380 e. The van der Waals surface area contributed by atoms with Crippen LogP contribution in [-0.4, -0.2) is 63.1 Å². The number of dihydropyridines is 1. The first-order valence-electron chi connectivity index (χ1n) is 12.1. The molecule has 33 heavy (non-hydrogen) atoms.